The molecule has 1 aromatic carbocycles. The van der Waals surface area contributed by atoms with Gasteiger partial charge >= 0.3 is 6.18 Å². The number of halogens is 4. The summed E-state index contributed by atoms with van der Waals surface area (Å²) < 4.78 is 53.5. The van der Waals surface area contributed by atoms with E-state index >= 15 is 0 Å². The number of hydrogen-bond acceptors (Lipinski definition) is 3. The minimum atomic E-state index is -4.56. The van der Waals surface area contributed by atoms with E-state index in [9.17, 15) is 17.6 Å². The topological polar surface area (TPSA) is 29.0 Å². The molecular formula is C18H17F4N3. The van der Waals surface area contributed by atoms with Crippen molar-refractivity contribution >= 4 is 0 Å². The average molecular weight is 351 g/mol. The number of hydrogen-bond donors (Lipinski definition) is 0. The van der Waals surface area contributed by atoms with Gasteiger partial charge < -0.3 is 0 Å². The highest BCUT2D eigenvalue weighted by atomic mass is 19.4. The van der Waals surface area contributed by atoms with Crippen LogP contribution >= 0.6 is 0 Å². The first-order chi connectivity index (χ1) is 11.9. The maximum atomic E-state index is 14.0. The molecule has 2 heterocycles. The summed E-state index contributed by atoms with van der Waals surface area (Å²) in [5.74, 6) is 0.526. The van der Waals surface area contributed by atoms with Gasteiger partial charge in [-0.3, -0.25) is 4.90 Å². The molecular weight excluding hydrogens is 334 g/mol. The van der Waals surface area contributed by atoms with Gasteiger partial charge in [-0.2, -0.15) is 13.2 Å². The molecule has 2 aromatic rings. The molecule has 7 heteroatoms. The van der Waals surface area contributed by atoms with Crippen molar-refractivity contribution in [1.29, 1.82) is 0 Å². The maximum absolute atomic E-state index is 14.0. The van der Waals surface area contributed by atoms with Crippen LogP contribution in [0.5, 0.6) is 0 Å². The highest BCUT2D eigenvalue weighted by molar-refractivity contribution is 5.32. The fraction of sp³-hybridized carbons (Fsp3) is 0.444. The second kappa shape index (κ2) is 6.05. The van der Waals surface area contributed by atoms with Crippen molar-refractivity contribution in [2.24, 2.45) is 0 Å². The standard InChI is InChI=1S/C18H17F4N3/c19-15-3-1-2-14(18(20,21)22)13(15)10-25-7-6-16-12(9-25)8-23-17(24-16)11-4-5-11/h1-3,8,11H,4-7,9-10H2. The molecule has 0 N–H and O–H groups in total. The Morgan fingerprint density at radius 3 is 2.72 bits per heavy atom. The van der Waals surface area contributed by atoms with E-state index < -0.39 is 17.6 Å². The van der Waals surface area contributed by atoms with Crippen molar-refractivity contribution in [3.8, 4) is 0 Å². The van der Waals surface area contributed by atoms with Gasteiger partial charge in [0.2, 0.25) is 0 Å². The summed E-state index contributed by atoms with van der Waals surface area (Å²) in [6.45, 7) is 0.914. The Kier molecular flexibility index (Phi) is 3.98. The molecule has 4 rings (SSSR count). The number of alkyl halides is 3. The van der Waals surface area contributed by atoms with Crippen LogP contribution in [-0.4, -0.2) is 21.4 Å². The van der Waals surface area contributed by atoms with Crippen molar-refractivity contribution in [3.05, 3.63) is 58.4 Å². The van der Waals surface area contributed by atoms with Crippen molar-refractivity contribution in [1.82, 2.24) is 14.9 Å². The second-order valence-corrected chi connectivity index (χ2v) is 6.70. The normalized spacial score (nSPS) is 18.2. The van der Waals surface area contributed by atoms with Gasteiger partial charge in [-0.1, -0.05) is 6.07 Å². The van der Waals surface area contributed by atoms with E-state index in [0.29, 0.717) is 25.4 Å². The lowest BCUT2D eigenvalue weighted by atomic mass is 10.0. The van der Waals surface area contributed by atoms with E-state index in [0.717, 1.165) is 48.1 Å². The third-order valence-corrected chi connectivity index (χ3v) is 4.78. The van der Waals surface area contributed by atoms with Crippen LogP contribution in [0.15, 0.2) is 24.4 Å². The number of fused-ring (bicyclic) bond motifs is 1. The van der Waals surface area contributed by atoms with E-state index in [1.807, 2.05) is 4.90 Å². The van der Waals surface area contributed by atoms with Crippen molar-refractivity contribution in [3.63, 3.8) is 0 Å². The monoisotopic (exact) mass is 351 g/mol. The van der Waals surface area contributed by atoms with Crippen molar-refractivity contribution < 1.29 is 17.6 Å². The van der Waals surface area contributed by atoms with Crippen LogP contribution in [0.3, 0.4) is 0 Å². The first-order valence-corrected chi connectivity index (χ1v) is 8.33. The molecule has 0 radical (unpaired) electrons. The second-order valence-electron chi connectivity index (χ2n) is 6.70. The fourth-order valence-corrected chi connectivity index (χ4v) is 3.27. The zero-order valence-electron chi connectivity index (χ0n) is 13.5. The first kappa shape index (κ1) is 16.4. The van der Waals surface area contributed by atoms with Crippen LogP contribution in [0.1, 0.15) is 47.0 Å². The third kappa shape index (κ3) is 3.38. The van der Waals surface area contributed by atoms with Gasteiger partial charge in [0, 0.05) is 55.0 Å². The Hall–Kier alpha value is -2.02. The van der Waals surface area contributed by atoms with Gasteiger partial charge in [0.15, 0.2) is 0 Å². The van der Waals surface area contributed by atoms with Crippen LogP contribution in [0.2, 0.25) is 0 Å². The highest BCUT2D eigenvalue weighted by Crippen LogP contribution is 2.38. The Morgan fingerprint density at radius 1 is 1.20 bits per heavy atom. The SMILES string of the molecule is Fc1cccc(C(F)(F)F)c1CN1CCc2nc(C3CC3)ncc2C1. The molecule has 1 aliphatic heterocycles. The zero-order valence-corrected chi connectivity index (χ0v) is 13.5. The molecule has 0 spiro atoms. The Morgan fingerprint density at radius 2 is 2.00 bits per heavy atom. The average Bonchev–Trinajstić information content (AvgIpc) is 3.40. The molecule has 1 saturated carbocycles. The Bertz CT molecular complexity index is 799. The van der Waals surface area contributed by atoms with Gasteiger partial charge in [-0.15, -0.1) is 0 Å². The number of rotatable bonds is 3. The van der Waals surface area contributed by atoms with Gasteiger partial charge in [0.05, 0.1) is 5.56 Å². The van der Waals surface area contributed by atoms with Gasteiger partial charge in [-0.25, -0.2) is 14.4 Å². The molecule has 25 heavy (non-hydrogen) atoms. The van der Waals surface area contributed by atoms with E-state index in [1.165, 1.54) is 0 Å². The molecule has 1 fully saturated rings. The molecule has 0 unspecified atom stereocenters. The quantitative estimate of drug-likeness (QED) is 0.781. The molecule has 0 atom stereocenters. The summed E-state index contributed by atoms with van der Waals surface area (Å²) in [5, 5.41) is 0. The van der Waals surface area contributed by atoms with E-state index in [-0.39, 0.29) is 12.1 Å². The summed E-state index contributed by atoms with van der Waals surface area (Å²) in [6.07, 6.45) is 0.103. The lowest BCUT2D eigenvalue weighted by molar-refractivity contribution is -0.138. The molecule has 1 aromatic heterocycles. The van der Waals surface area contributed by atoms with E-state index in [1.54, 1.807) is 6.20 Å². The van der Waals surface area contributed by atoms with Crippen molar-refractivity contribution in [2.45, 2.75) is 44.4 Å². The van der Waals surface area contributed by atoms with Gasteiger partial charge in [0.1, 0.15) is 11.6 Å². The highest BCUT2D eigenvalue weighted by Gasteiger charge is 2.35. The van der Waals surface area contributed by atoms with Crippen LogP contribution in [-0.2, 0) is 25.7 Å². The lowest BCUT2D eigenvalue weighted by Gasteiger charge is -2.29. The summed E-state index contributed by atoms with van der Waals surface area (Å²) in [4.78, 5) is 10.8. The molecule has 1 aliphatic carbocycles. The number of benzene rings is 1. The van der Waals surface area contributed by atoms with Crippen LogP contribution in [0.4, 0.5) is 17.6 Å². The molecule has 0 saturated heterocycles. The van der Waals surface area contributed by atoms with Crippen molar-refractivity contribution in [2.75, 3.05) is 6.54 Å². The Labute approximate surface area is 142 Å². The summed E-state index contributed by atoms with van der Waals surface area (Å²) in [6, 6.07) is 3.11. The molecule has 2 aliphatic rings. The van der Waals surface area contributed by atoms with E-state index in [2.05, 4.69) is 9.97 Å². The fourth-order valence-electron chi connectivity index (χ4n) is 3.27. The number of nitrogens with zero attached hydrogens (tertiary/aromatic N) is 3. The maximum Gasteiger partial charge on any atom is 0.416 e. The molecule has 0 bridgehead atoms. The van der Waals surface area contributed by atoms with E-state index in [4.69, 9.17) is 0 Å². The minimum Gasteiger partial charge on any atom is -0.294 e. The number of aromatic nitrogens is 2. The lowest BCUT2D eigenvalue weighted by Crippen LogP contribution is -2.32. The molecule has 0 amide bonds. The summed E-state index contributed by atoms with van der Waals surface area (Å²) in [7, 11) is 0. The summed E-state index contributed by atoms with van der Waals surface area (Å²) >= 11 is 0. The Balaban J connectivity index is 1.55. The van der Waals surface area contributed by atoms with Crippen LogP contribution < -0.4 is 0 Å². The first-order valence-electron chi connectivity index (χ1n) is 8.33. The summed E-state index contributed by atoms with van der Waals surface area (Å²) in [5.41, 5.74) is 0.686. The minimum absolute atomic E-state index is 0.0780. The van der Waals surface area contributed by atoms with Crippen LogP contribution in [0, 0.1) is 5.82 Å². The largest absolute Gasteiger partial charge is 0.416 e. The predicted molar refractivity (Wildman–Crippen MR) is 83.2 cm³/mol. The van der Waals surface area contributed by atoms with Crippen LogP contribution in [0.25, 0.3) is 0 Å². The molecule has 132 valence electrons. The smallest absolute Gasteiger partial charge is 0.294 e. The van der Waals surface area contributed by atoms with Gasteiger partial charge in [0.25, 0.3) is 0 Å². The third-order valence-electron chi connectivity index (χ3n) is 4.78. The molecule has 3 nitrogen and oxygen atoms in total. The van der Waals surface area contributed by atoms with Gasteiger partial charge in [-0.05, 0) is 25.0 Å². The predicted octanol–water partition coefficient (Wildman–Crippen LogP) is 4.07. The zero-order chi connectivity index (χ0) is 17.6.